The fourth-order valence-electron chi connectivity index (χ4n) is 2.52. The Morgan fingerprint density at radius 3 is 3.06 bits per heavy atom. The van der Waals surface area contributed by atoms with Gasteiger partial charge in [0.1, 0.15) is 5.76 Å². The quantitative estimate of drug-likeness (QED) is 0.798. The van der Waals surface area contributed by atoms with E-state index < -0.39 is 0 Å². The van der Waals surface area contributed by atoms with Crippen LogP contribution in [0.5, 0.6) is 0 Å². The number of hydrogen-bond donors (Lipinski definition) is 2. The van der Waals surface area contributed by atoms with E-state index in [9.17, 15) is 5.11 Å². The molecule has 0 amide bonds. The molecular weight excluding hydrogens is 214 g/mol. The smallest absolute Gasteiger partial charge is 0.103 e. The molecule has 0 saturated heterocycles. The van der Waals surface area contributed by atoms with Gasteiger partial charge < -0.3 is 14.8 Å². The Hall–Kier alpha value is -0.800. The standard InChI is InChI=1S/C14H23NO2/c1-11(4-7-14-3-2-8-17-14)15-10-12-5-6-13(16)9-12/h2-3,8,11-13,15-16H,4-7,9-10H2,1H3. The molecule has 0 aliphatic heterocycles. The van der Waals surface area contributed by atoms with Gasteiger partial charge in [-0.3, -0.25) is 0 Å². The van der Waals surface area contributed by atoms with E-state index in [1.807, 2.05) is 12.1 Å². The number of aliphatic hydroxyl groups excluding tert-OH is 1. The molecule has 0 spiro atoms. The predicted octanol–water partition coefficient (Wildman–Crippen LogP) is 2.35. The number of furan rings is 1. The second-order valence-corrected chi connectivity index (χ2v) is 5.26. The van der Waals surface area contributed by atoms with Crippen molar-refractivity contribution in [3.8, 4) is 0 Å². The molecule has 3 unspecified atom stereocenters. The summed E-state index contributed by atoms with van der Waals surface area (Å²) in [5, 5.41) is 13.0. The lowest BCUT2D eigenvalue weighted by Gasteiger charge is -2.16. The molecule has 2 rings (SSSR count). The molecule has 3 heteroatoms. The fourth-order valence-corrected chi connectivity index (χ4v) is 2.52. The minimum atomic E-state index is -0.0553. The topological polar surface area (TPSA) is 45.4 Å². The van der Waals surface area contributed by atoms with Crippen molar-refractivity contribution in [2.45, 2.75) is 51.2 Å². The first-order valence-electron chi connectivity index (χ1n) is 6.68. The molecule has 1 aromatic heterocycles. The highest BCUT2D eigenvalue weighted by atomic mass is 16.3. The second-order valence-electron chi connectivity index (χ2n) is 5.26. The summed E-state index contributed by atoms with van der Waals surface area (Å²) in [6.07, 6.45) is 6.88. The molecule has 1 fully saturated rings. The minimum absolute atomic E-state index is 0.0553. The summed E-state index contributed by atoms with van der Waals surface area (Å²) in [5.41, 5.74) is 0. The van der Waals surface area contributed by atoms with E-state index in [-0.39, 0.29) is 6.10 Å². The molecule has 17 heavy (non-hydrogen) atoms. The van der Waals surface area contributed by atoms with E-state index in [0.717, 1.165) is 38.0 Å². The molecule has 1 aromatic rings. The van der Waals surface area contributed by atoms with Crippen LogP contribution in [0.4, 0.5) is 0 Å². The number of aliphatic hydroxyl groups is 1. The molecule has 2 N–H and O–H groups in total. The summed E-state index contributed by atoms with van der Waals surface area (Å²) in [6.45, 7) is 3.25. The van der Waals surface area contributed by atoms with Crippen molar-refractivity contribution >= 4 is 0 Å². The van der Waals surface area contributed by atoms with Gasteiger partial charge in [-0.1, -0.05) is 0 Å². The zero-order valence-electron chi connectivity index (χ0n) is 10.6. The molecule has 0 radical (unpaired) electrons. The average molecular weight is 237 g/mol. The average Bonchev–Trinajstić information content (AvgIpc) is 2.95. The fraction of sp³-hybridized carbons (Fsp3) is 0.714. The third-order valence-corrected chi connectivity index (χ3v) is 3.67. The van der Waals surface area contributed by atoms with Crippen LogP contribution in [0.3, 0.4) is 0 Å². The molecular formula is C14H23NO2. The zero-order chi connectivity index (χ0) is 12.1. The number of rotatable bonds is 6. The van der Waals surface area contributed by atoms with Gasteiger partial charge in [-0.25, -0.2) is 0 Å². The van der Waals surface area contributed by atoms with Crippen molar-refractivity contribution in [3.63, 3.8) is 0 Å². The van der Waals surface area contributed by atoms with Crippen molar-refractivity contribution in [2.75, 3.05) is 6.54 Å². The molecule has 1 heterocycles. The summed E-state index contributed by atoms with van der Waals surface area (Å²) in [5.74, 6) is 1.73. The third-order valence-electron chi connectivity index (χ3n) is 3.67. The Balaban J connectivity index is 1.59. The Labute approximate surface area is 103 Å². The van der Waals surface area contributed by atoms with Gasteiger partial charge in [0.05, 0.1) is 12.4 Å². The maximum absolute atomic E-state index is 9.45. The highest BCUT2D eigenvalue weighted by Crippen LogP contribution is 2.24. The van der Waals surface area contributed by atoms with E-state index >= 15 is 0 Å². The lowest BCUT2D eigenvalue weighted by molar-refractivity contribution is 0.177. The maximum atomic E-state index is 9.45. The zero-order valence-corrected chi connectivity index (χ0v) is 10.6. The molecule has 1 aliphatic carbocycles. The van der Waals surface area contributed by atoms with Gasteiger partial charge in [0.25, 0.3) is 0 Å². The summed E-state index contributed by atoms with van der Waals surface area (Å²) in [4.78, 5) is 0. The van der Waals surface area contributed by atoms with Gasteiger partial charge in [0.15, 0.2) is 0 Å². The summed E-state index contributed by atoms with van der Waals surface area (Å²) < 4.78 is 5.32. The monoisotopic (exact) mass is 237 g/mol. The molecule has 1 aliphatic rings. The number of aryl methyl sites for hydroxylation is 1. The lowest BCUT2D eigenvalue weighted by Crippen LogP contribution is -2.31. The highest BCUT2D eigenvalue weighted by molar-refractivity contribution is 4.98. The maximum Gasteiger partial charge on any atom is 0.103 e. The van der Waals surface area contributed by atoms with Crippen molar-refractivity contribution in [2.24, 2.45) is 5.92 Å². The number of nitrogens with one attached hydrogen (secondary N) is 1. The third kappa shape index (κ3) is 4.17. The van der Waals surface area contributed by atoms with Gasteiger partial charge >= 0.3 is 0 Å². The molecule has 96 valence electrons. The van der Waals surface area contributed by atoms with E-state index in [1.165, 1.54) is 6.42 Å². The van der Waals surface area contributed by atoms with Gasteiger partial charge in [0.2, 0.25) is 0 Å². The Bertz CT molecular complexity index is 310. The van der Waals surface area contributed by atoms with E-state index in [1.54, 1.807) is 6.26 Å². The van der Waals surface area contributed by atoms with Crippen molar-refractivity contribution in [1.29, 1.82) is 0 Å². The van der Waals surface area contributed by atoms with Crippen LogP contribution in [0.1, 0.15) is 38.4 Å². The molecule has 3 atom stereocenters. The summed E-state index contributed by atoms with van der Waals surface area (Å²) in [7, 11) is 0. The van der Waals surface area contributed by atoms with E-state index in [4.69, 9.17) is 4.42 Å². The molecule has 3 nitrogen and oxygen atoms in total. The van der Waals surface area contributed by atoms with E-state index in [2.05, 4.69) is 12.2 Å². The van der Waals surface area contributed by atoms with Gasteiger partial charge in [0, 0.05) is 12.5 Å². The van der Waals surface area contributed by atoms with Crippen LogP contribution in [0.15, 0.2) is 22.8 Å². The summed E-state index contributed by atoms with van der Waals surface area (Å²) in [6, 6.07) is 4.48. The normalized spacial score (nSPS) is 26.2. The van der Waals surface area contributed by atoms with Gasteiger partial charge in [-0.15, -0.1) is 0 Å². The second kappa shape index (κ2) is 6.22. The van der Waals surface area contributed by atoms with Crippen molar-refractivity contribution < 1.29 is 9.52 Å². The van der Waals surface area contributed by atoms with E-state index in [0.29, 0.717) is 12.0 Å². The van der Waals surface area contributed by atoms with Crippen LogP contribution in [0.25, 0.3) is 0 Å². The first kappa shape index (κ1) is 12.7. The van der Waals surface area contributed by atoms with Gasteiger partial charge in [-0.05, 0) is 57.2 Å². The van der Waals surface area contributed by atoms with Crippen LogP contribution in [-0.2, 0) is 6.42 Å². The van der Waals surface area contributed by atoms with Crippen LogP contribution in [-0.4, -0.2) is 23.8 Å². The first-order valence-corrected chi connectivity index (χ1v) is 6.68. The van der Waals surface area contributed by atoms with Crippen LogP contribution in [0.2, 0.25) is 0 Å². The molecule has 0 bridgehead atoms. The Kier molecular flexibility index (Phi) is 4.63. The first-order chi connectivity index (χ1) is 8.24. The van der Waals surface area contributed by atoms with Crippen molar-refractivity contribution in [1.82, 2.24) is 5.32 Å². The lowest BCUT2D eigenvalue weighted by atomic mass is 10.1. The Morgan fingerprint density at radius 2 is 2.41 bits per heavy atom. The predicted molar refractivity (Wildman–Crippen MR) is 67.8 cm³/mol. The van der Waals surface area contributed by atoms with Crippen molar-refractivity contribution in [3.05, 3.63) is 24.2 Å². The van der Waals surface area contributed by atoms with Crippen LogP contribution in [0, 0.1) is 5.92 Å². The molecule has 0 aromatic carbocycles. The summed E-state index contributed by atoms with van der Waals surface area (Å²) >= 11 is 0. The SMILES string of the molecule is CC(CCc1ccco1)NCC1CCC(O)C1. The largest absolute Gasteiger partial charge is 0.469 e. The van der Waals surface area contributed by atoms with Gasteiger partial charge in [-0.2, -0.15) is 0 Å². The highest BCUT2D eigenvalue weighted by Gasteiger charge is 2.22. The van der Waals surface area contributed by atoms with Crippen LogP contribution >= 0.6 is 0 Å². The minimum Gasteiger partial charge on any atom is -0.469 e. The Morgan fingerprint density at radius 1 is 1.53 bits per heavy atom. The molecule has 1 saturated carbocycles. The van der Waals surface area contributed by atoms with Crippen LogP contribution < -0.4 is 5.32 Å². The number of hydrogen-bond acceptors (Lipinski definition) is 3.